The summed E-state index contributed by atoms with van der Waals surface area (Å²) in [7, 11) is 0. The molecule has 2 rings (SSSR count). The van der Waals surface area contributed by atoms with Crippen molar-refractivity contribution in [3.8, 4) is 5.69 Å². The van der Waals surface area contributed by atoms with Crippen LogP contribution in [0.3, 0.4) is 0 Å². The van der Waals surface area contributed by atoms with Crippen LogP contribution in [0, 0.1) is 6.92 Å². The number of benzene rings is 1. The zero-order chi connectivity index (χ0) is 14.4. The van der Waals surface area contributed by atoms with E-state index in [1.54, 1.807) is 0 Å². The van der Waals surface area contributed by atoms with Crippen LogP contribution in [0.1, 0.15) is 44.6 Å². The maximum Gasteiger partial charge on any atom is 0.110 e. The van der Waals surface area contributed by atoms with Crippen LogP contribution in [0.2, 0.25) is 0 Å². The molecule has 0 bridgehead atoms. The van der Waals surface area contributed by atoms with Gasteiger partial charge in [-0.25, -0.2) is 4.98 Å². The lowest BCUT2D eigenvalue weighted by Gasteiger charge is -2.17. The summed E-state index contributed by atoms with van der Waals surface area (Å²) in [4.78, 5) is 4.47. The fourth-order valence-corrected chi connectivity index (χ4v) is 2.59. The molecule has 1 aromatic heterocycles. The van der Waals surface area contributed by atoms with Crippen molar-refractivity contribution in [2.75, 3.05) is 0 Å². The van der Waals surface area contributed by atoms with Gasteiger partial charge in [0, 0.05) is 18.3 Å². The zero-order valence-electron chi connectivity index (χ0n) is 12.8. The second kappa shape index (κ2) is 7.25. The molecule has 1 unspecified atom stereocenters. The van der Waals surface area contributed by atoms with Crippen LogP contribution in [0.25, 0.3) is 5.69 Å². The van der Waals surface area contributed by atoms with Gasteiger partial charge in [0.15, 0.2) is 0 Å². The molecule has 3 nitrogen and oxygen atoms in total. The molecule has 20 heavy (non-hydrogen) atoms. The molecule has 0 spiro atoms. The molecule has 1 heterocycles. The molecule has 1 atom stereocenters. The first kappa shape index (κ1) is 14.8. The van der Waals surface area contributed by atoms with E-state index < -0.39 is 0 Å². The van der Waals surface area contributed by atoms with E-state index in [4.69, 9.17) is 0 Å². The summed E-state index contributed by atoms with van der Waals surface area (Å²) >= 11 is 0. The van der Waals surface area contributed by atoms with E-state index in [2.05, 4.69) is 59.9 Å². The van der Waals surface area contributed by atoms with Crippen molar-refractivity contribution in [2.45, 2.75) is 52.6 Å². The Bertz CT molecular complexity index is 516. The van der Waals surface area contributed by atoms with Crippen molar-refractivity contribution in [1.29, 1.82) is 0 Å². The summed E-state index contributed by atoms with van der Waals surface area (Å²) in [6.45, 7) is 7.41. The van der Waals surface area contributed by atoms with Crippen LogP contribution in [-0.4, -0.2) is 15.6 Å². The average molecular weight is 271 g/mol. The second-order valence-electron chi connectivity index (χ2n) is 5.24. The third-order valence-electron chi connectivity index (χ3n) is 3.73. The summed E-state index contributed by atoms with van der Waals surface area (Å²) in [5.74, 6) is 1.04. The minimum atomic E-state index is 0.597. The van der Waals surface area contributed by atoms with Gasteiger partial charge >= 0.3 is 0 Å². The van der Waals surface area contributed by atoms with Crippen molar-refractivity contribution >= 4 is 0 Å². The fraction of sp³-hybridized carbons (Fsp3) is 0.471. The Labute approximate surface area is 122 Å². The molecule has 2 aromatic rings. The molecule has 108 valence electrons. The van der Waals surface area contributed by atoms with Gasteiger partial charge in [0.2, 0.25) is 0 Å². The summed E-state index contributed by atoms with van der Waals surface area (Å²) in [5.41, 5.74) is 2.41. The zero-order valence-corrected chi connectivity index (χ0v) is 12.8. The molecular weight excluding hydrogens is 246 g/mol. The molecule has 0 saturated carbocycles. The lowest BCUT2D eigenvalue weighted by molar-refractivity contribution is 0.457. The van der Waals surface area contributed by atoms with Gasteiger partial charge in [-0.15, -0.1) is 0 Å². The van der Waals surface area contributed by atoms with Crippen molar-refractivity contribution in [3.05, 3.63) is 48.0 Å². The van der Waals surface area contributed by atoms with Gasteiger partial charge in [0.05, 0.1) is 11.9 Å². The summed E-state index contributed by atoms with van der Waals surface area (Å²) in [6.07, 6.45) is 5.61. The Morgan fingerprint density at radius 1 is 1.20 bits per heavy atom. The predicted octanol–water partition coefficient (Wildman–Crippen LogP) is 3.85. The van der Waals surface area contributed by atoms with Crippen molar-refractivity contribution in [2.24, 2.45) is 0 Å². The van der Waals surface area contributed by atoms with Crippen LogP contribution in [0.4, 0.5) is 0 Å². The molecule has 1 N–H and O–H groups in total. The molecule has 1 aromatic carbocycles. The Morgan fingerprint density at radius 3 is 2.60 bits per heavy atom. The van der Waals surface area contributed by atoms with E-state index in [-0.39, 0.29) is 0 Å². The number of rotatable bonds is 7. The first-order valence-electron chi connectivity index (χ1n) is 7.58. The van der Waals surface area contributed by atoms with E-state index in [0.717, 1.165) is 12.4 Å². The molecule has 0 saturated heterocycles. The van der Waals surface area contributed by atoms with Crippen LogP contribution < -0.4 is 5.32 Å². The van der Waals surface area contributed by atoms with Gasteiger partial charge in [-0.05, 0) is 31.9 Å². The van der Waals surface area contributed by atoms with Crippen LogP contribution >= 0.6 is 0 Å². The van der Waals surface area contributed by atoms with Crippen molar-refractivity contribution in [3.63, 3.8) is 0 Å². The molecular formula is C17H25N3. The second-order valence-corrected chi connectivity index (χ2v) is 5.24. The van der Waals surface area contributed by atoms with Crippen molar-refractivity contribution in [1.82, 2.24) is 14.9 Å². The number of imidazole rings is 1. The Balaban J connectivity index is 2.14. The predicted molar refractivity (Wildman–Crippen MR) is 84.1 cm³/mol. The Hall–Kier alpha value is -1.61. The molecule has 3 heteroatoms. The normalized spacial score (nSPS) is 12.6. The number of aryl methyl sites for hydroxylation is 1. The van der Waals surface area contributed by atoms with Gasteiger partial charge in [0.1, 0.15) is 5.82 Å². The molecule has 0 aliphatic heterocycles. The highest BCUT2D eigenvalue weighted by Gasteiger charge is 2.10. The quantitative estimate of drug-likeness (QED) is 0.829. The molecule has 0 radical (unpaired) electrons. The van der Waals surface area contributed by atoms with Gasteiger partial charge < -0.3 is 5.32 Å². The summed E-state index contributed by atoms with van der Waals surface area (Å²) in [5, 5.41) is 3.65. The lowest BCUT2D eigenvalue weighted by Crippen LogP contribution is -2.28. The highest BCUT2D eigenvalue weighted by molar-refractivity contribution is 5.35. The van der Waals surface area contributed by atoms with E-state index >= 15 is 0 Å². The number of hydrogen-bond acceptors (Lipinski definition) is 2. The van der Waals surface area contributed by atoms with Crippen LogP contribution in [-0.2, 0) is 6.54 Å². The fourth-order valence-electron chi connectivity index (χ4n) is 2.59. The van der Waals surface area contributed by atoms with Gasteiger partial charge in [-0.3, -0.25) is 4.57 Å². The lowest BCUT2D eigenvalue weighted by atomic mass is 10.1. The number of nitrogens with one attached hydrogen (secondary N) is 1. The van der Waals surface area contributed by atoms with Gasteiger partial charge in [0.25, 0.3) is 0 Å². The first-order valence-corrected chi connectivity index (χ1v) is 7.58. The Morgan fingerprint density at radius 2 is 1.95 bits per heavy atom. The number of nitrogens with zero attached hydrogens (tertiary/aromatic N) is 2. The summed E-state index contributed by atoms with van der Waals surface area (Å²) < 4.78 is 2.23. The number of hydrogen-bond donors (Lipinski definition) is 1. The SMILES string of the molecule is CCCC(CC)NCc1cnc(C)n1-c1ccccc1. The maximum absolute atomic E-state index is 4.47. The summed E-state index contributed by atoms with van der Waals surface area (Å²) in [6, 6.07) is 11.0. The van der Waals surface area contributed by atoms with Crippen LogP contribution in [0.15, 0.2) is 36.5 Å². The largest absolute Gasteiger partial charge is 0.308 e. The van der Waals surface area contributed by atoms with E-state index in [1.165, 1.54) is 30.6 Å². The minimum absolute atomic E-state index is 0.597. The molecule has 0 fully saturated rings. The third kappa shape index (κ3) is 3.48. The molecule has 0 aliphatic carbocycles. The monoisotopic (exact) mass is 271 g/mol. The van der Waals surface area contributed by atoms with E-state index in [1.807, 2.05) is 12.3 Å². The maximum atomic E-state index is 4.47. The Kier molecular flexibility index (Phi) is 5.36. The van der Waals surface area contributed by atoms with Crippen molar-refractivity contribution < 1.29 is 0 Å². The highest BCUT2D eigenvalue weighted by atomic mass is 15.1. The van der Waals surface area contributed by atoms with Gasteiger partial charge in [-0.2, -0.15) is 0 Å². The highest BCUT2D eigenvalue weighted by Crippen LogP contribution is 2.14. The third-order valence-corrected chi connectivity index (χ3v) is 3.73. The first-order chi connectivity index (χ1) is 9.76. The van der Waals surface area contributed by atoms with Crippen LogP contribution in [0.5, 0.6) is 0 Å². The average Bonchev–Trinajstić information content (AvgIpc) is 2.85. The smallest absolute Gasteiger partial charge is 0.110 e. The number of para-hydroxylation sites is 1. The topological polar surface area (TPSA) is 29.9 Å². The minimum Gasteiger partial charge on any atom is -0.308 e. The van der Waals surface area contributed by atoms with E-state index in [0.29, 0.717) is 6.04 Å². The number of aromatic nitrogens is 2. The molecule has 0 amide bonds. The van der Waals surface area contributed by atoms with E-state index in [9.17, 15) is 0 Å². The van der Waals surface area contributed by atoms with Gasteiger partial charge in [-0.1, -0.05) is 38.5 Å². The molecule has 0 aliphatic rings. The standard InChI is InChI=1S/C17H25N3/c1-4-9-15(5-2)19-13-17-12-18-14(3)20(17)16-10-7-6-8-11-16/h6-8,10-12,15,19H,4-5,9,13H2,1-3H3.